The van der Waals surface area contributed by atoms with E-state index in [0.29, 0.717) is 18.8 Å². The first kappa shape index (κ1) is 15.2. The number of halogens is 1. The van der Waals surface area contributed by atoms with Crippen LogP contribution in [0.2, 0.25) is 0 Å². The second-order valence-electron chi connectivity index (χ2n) is 7.00. The van der Waals surface area contributed by atoms with E-state index in [1.165, 1.54) is 12.1 Å². The Morgan fingerprint density at radius 2 is 1.95 bits per heavy atom. The number of benzene rings is 1. The summed E-state index contributed by atoms with van der Waals surface area (Å²) in [7, 11) is 0. The van der Waals surface area contributed by atoms with Gasteiger partial charge in [0.1, 0.15) is 11.5 Å². The molecule has 1 aromatic carbocycles. The first-order valence-electron chi connectivity index (χ1n) is 7.69. The SMILES string of the molecule is CC1(C)CN(c2ccc(F)cc2[N+](=O)[O-])CC2(CCCC2)O1. The summed E-state index contributed by atoms with van der Waals surface area (Å²) in [5.41, 5.74) is -0.311. The number of hydrogen-bond donors (Lipinski definition) is 0. The Kier molecular flexibility index (Phi) is 3.59. The minimum atomic E-state index is -0.585. The Labute approximate surface area is 129 Å². The molecule has 0 N–H and O–H groups in total. The van der Waals surface area contributed by atoms with Gasteiger partial charge < -0.3 is 9.64 Å². The van der Waals surface area contributed by atoms with Crippen molar-refractivity contribution in [2.24, 2.45) is 0 Å². The molecule has 1 aliphatic heterocycles. The predicted molar refractivity (Wildman–Crippen MR) is 81.6 cm³/mol. The molecule has 0 radical (unpaired) electrons. The molecule has 0 amide bonds. The maximum atomic E-state index is 13.4. The van der Waals surface area contributed by atoms with Crippen LogP contribution in [-0.4, -0.2) is 29.2 Å². The smallest absolute Gasteiger partial charge is 0.295 e. The summed E-state index contributed by atoms with van der Waals surface area (Å²) in [6, 6.07) is 3.79. The zero-order chi connectivity index (χ0) is 16.0. The van der Waals surface area contributed by atoms with Crippen LogP contribution in [0.25, 0.3) is 0 Å². The molecular weight excluding hydrogens is 287 g/mol. The van der Waals surface area contributed by atoms with Gasteiger partial charge in [-0.25, -0.2) is 4.39 Å². The minimum absolute atomic E-state index is 0.175. The lowest BCUT2D eigenvalue weighted by Gasteiger charge is -2.49. The van der Waals surface area contributed by atoms with Gasteiger partial charge in [-0.15, -0.1) is 0 Å². The number of nitrogens with zero attached hydrogens (tertiary/aromatic N) is 2. The van der Waals surface area contributed by atoms with Gasteiger partial charge in [0.05, 0.1) is 22.2 Å². The van der Waals surface area contributed by atoms with E-state index in [4.69, 9.17) is 4.74 Å². The van der Waals surface area contributed by atoms with Crippen LogP contribution in [0.3, 0.4) is 0 Å². The van der Waals surface area contributed by atoms with E-state index in [1.807, 2.05) is 18.7 Å². The van der Waals surface area contributed by atoms with E-state index in [-0.39, 0.29) is 16.9 Å². The molecule has 0 unspecified atom stereocenters. The number of ether oxygens (including phenoxy) is 1. The predicted octanol–water partition coefficient (Wildman–Crippen LogP) is 3.66. The van der Waals surface area contributed by atoms with Crippen molar-refractivity contribution in [3.63, 3.8) is 0 Å². The highest BCUT2D eigenvalue weighted by Crippen LogP contribution is 2.43. The summed E-state index contributed by atoms with van der Waals surface area (Å²) in [5.74, 6) is -0.585. The topological polar surface area (TPSA) is 55.6 Å². The second kappa shape index (κ2) is 5.19. The summed E-state index contributed by atoms with van der Waals surface area (Å²) < 4.78 is 19.7. The van der Waals surface area contributed by atoms with E-state index in [0.717, 1.165) is 31.7 Å². The molecule has 1 heterocycles. The molecule has 1 saturated carbocycles. The maximum Gasteiger partial charge on any atom is 0.295 e. The van der Waals surface area contributed by atoms with Crippen molar-refractivity contribution >= 4 is 11.4 Å². The average molecular weight is 308 g/mol. The van der Waals surface area contributed by atoms with Crippen LogP contribution < -0.4 is 4.90 Å². The lowest BCUT2D eigenvalue weighted by molar-refractivity contribution is -0.384. The van der Waals surface area contributed by atoms with Crippen molar-refractivity contribution in [3.8, 4) is 0 Å². The monoisotopic (exact) mass is 308 g/mol. The van der Waals surface area contributed by atoms with Crippen LogP contribution in [0, 0.1) is 15.9 Å². The fraction of sp³-hybridized carbons (Fsp3) is 0.625. The molecule has 0 atom stereocenters. The fourth-order valence-electron chi connectivity index (χ4n) is 3.87. The van der Waals surface area contributed by atoms with E-state index in [9.17, 15) is 14.5 Å². The van der Waals surface area contributed by atoms with Gasteiger partial charge in [-0.3, -0.25) is 10.1 Å². The minimum Gasteiger partial charge on any atom is -0.365 e. The molecule has 1 saturated heterocycles. The third-order valence-electron chi connectivity index (χ3n) is 4.53. The van der Waals surface area contributed by atoms with Gasteiger partial charge in [-0.05, 0) is 38.8 Å². The summed E-state index contributed by atoms with van der Waals surface area (Å²) >= 11 is 0. The van der Waals surface area contributed by atoms with Crippen molar-refractivity contribution in [1.82, 2.24) is 0 Å². The van der Waals surface area contributed by atoms with Gasteiger partial charge in [0.2, 0.25) is 0 Å². The molecular formula is C16H21FN2O3. The number of nitro groups is 1. The van der Waals surface area contributed by atoms with Crippen molar-refractivity contribution in [3.05, 3.63) is 34.1 Å². The Hall–Kier alpha value is -1.69. The molecule has 1 aromatic rings. The van der Waals surface area contributed by atoms with Crippen LogP contribution in [0.1, 0.15) is 39.5 Å². The molecule has 2 fully saturated rings. The van der Waals surface area contributed by atoms with E-state index in [2.05, 4.69) is 0 Å². The van der Waals surface area contributed by atoms with E-state index < -0.39 is 10.7 Å². The molecule has 5 nitrogen and oxygen atoms in total. The van der Waals surface area contributed by atoms with E-state index in [1.54, 1.807) is 0 Å². The third kappa shape index (κ3) is 2.79. The average Bonchev–Trinajstić information content (AvgIpc) is 2.83. The first-order chi connectivity index (χ1) is 10.3. The highest BCUT2D eigenvalue weighted by Gasteiger charge is 2.46. The van der Waals surface area contributed by atoms with Gasteiger partial charge in [0, 0.05) is 13.1 Å². The van der Waals surface area contributed by atoms with Crippen molar-refractivity contribution in [1.29, 1.82) is 0 Å². The van der Waals surface area contributed by atoms with Crippen LogP contribution in [0.15, 0.2) is 18.2 Å². The zero-order valence-electron chi connectivity index (χ0n) is 13.0. The Bertz CT molecular complexity index is 597. The molecule has 22 heavy (non-hydrogen) atoms. The molecule has 0 aromatic heterocycles. The van der Waals surface area contributed by atoms with Gasteiger partial charge in [-0.2, -0.15) is 0 Å². The van der Waals surface area contributed by atoms with Crippen molar-refractivity contribution < 1.29 is 14.1 Å². The van der Waals surface area contributed by atoms with Gasteiger partial charge >= 0.3 is 0 Å². The lowest BCUT2D eigenvalue weighted by Crippen LogP contribution is -2.58. The molecule has 3 rings (SSSR count). The Balaban J connectivity index is 1.98. The third-order valence-corrected chi connectivity index (χ3v) is 4.53. The molecule has 2 aliphatic rings. The standard InChI is InChI=1S/C16H21FN2O3/c1-15(2)10-18(11-16(22-15)7-3-4-8-16)13-6-5-12(17)9-14(13)19(20)21/h5-6,9H,3-4,7-8,10-11H2,1-2H3. The summed E-state index contributed by atoms with van der Waals surface area (Å²) in [5, 5.41) is 11.3. The van der Waals surface area contributed by atoms with Crippen molar-refractivity contribution in [2.75, 3.05) is 18.0 Å². The molecule has 120 valence electrons. The zero-order valence-corrected chi connectivity index (χ0v) is 13.0. The van der Waals surface area contributed by atoms with Gasteiger partial charge in [0.25, 0.3) is 5.69 Å². The van der Waals surface area contributed by atoms with Crippen molar-refractivity contribution in [2.45, 2.75) is 50.7 Å². The maximum absolute atomic E-state index is 13.4. The normalized spacial score (nSPS) is 23.0. The van der Waals surface area contributed by atoms with Crippen LogP contribution >= 0.6 is 0 Å². The van der Waals surface area contributed by atoms with E-state index >= 15 is 0 Å². The molecule has 6 heteroatoms. The molecule has 1 aliphatic carbocycles. The Morgan fingerprint density at radius 1 is 1.27 bits per heavy atom. The lowest BCUT2D eigenvalue weighted by atomic mass is 9.93. The highest BCUT2D eigenvalue weighted by atomic mass is 19.1. The first-order valence-corrected chi connectivity index (χ1v) is 7.69. The van der Waals surface area contributed by atoms with Gasteiger partial charge in [-0.1, -0.05) is 12.8 Å². The van der Waals surface area contributed by atoms with Crippen LogP contribution in [0.5, 0.6) is 0 Å². The number of morpholine rings is 1. The largest absolute Gasteiger partial charge is 0.365 e. The number of hydrogen-bond acceptors (Lipinski definition) is 4. The van der Waals surface area contributed by atoms with Gasteiger partial charge in [0.15, 0.2) is 0 Å². The molecule has 0 bridgehead atoms. The number of rotatable bonds is 2. The van der Waals surface area contributed by atoms with Crippen LogP contribution in [0.4, 0.5) is 15.8 Å². The quantitative estimate of drug-likeness (QED) is 0.618. The number of anilines is 1. The molecule has 1 spiro atoms. The Morgan fingerprint density at radius 3 is 2.59 bits per heavy atom. The summed E-state index contributed by atoms with van der Waals surface area (Å²) in [6.45, 7) is 5.20. The number of nitro benzene ring substituents is 1. The van der Waals surface area contributed by atoms with Crippen LogP contribution in [-0.2, 0) is 4.74 Å². The summed E-state index contributed by atoms with van der Waals surface area (Å²) in [4.78, 5) is 12.8. The highest BCUT2D eigenvalue weighted by molar-refractivity contribution is 5.64. The second-order valence-corrected chi connectivity index (χ2v) is 7.00. The fourth-order valence-corrected chi connectivity index (χ4v) is 3.87. The summed E-state index contributed by atoms with van der Waals surface area (Å²) in [6.07, 6.45) is 4.19.